The fourth-order valence-electron chi connectivity index (χ4n) is 6.04. The van der Waals surface area contributed by atoms with Gasteiger partial charge >= 0.3 is 0 Å². The number of hydrogen-bond donors (Lipinski definition) is 2. The summed E-state index contributed by atoms with van der Waals surface area (Å²) in [4.78, 5) is 29.1. The van der Waals surface area contributed by atoms with Gasteiger partial charge in [0.1, 0.15) is 0 Å². The number of rotatable bonds is 10. The first-order valence-electron chi connectivity index (χ1n) is 15.3. The van der Waals surface area contributed by atoms with Crippen molar-refractivity contribution < 1.29 is 29.3 Å². The van der Waals surface area contributed by atoms with Gasteiger partial charge in [-0.05, 0) is 48.4 Å². The maximum absolute atomic E-state index is 12.9. The zero-order valence-corrected chi connectivity index (χ0v) is 25.5. The van der Waals surface area contributed by atoms with Crippen molar-refractivity contribution in [2.24, 2.45) is 0 Å². The van der Waals surface area contributed by atoms with Gasteiger partial charge in [0.2, 0.25) is 0 Å². The first kappa shape index (κ1) is 30.8. The summed E-state index contributed by atoms with van der Waals surface area (Å²) in [6, 6.07) is 31.8. The molecule has 6 rings (SSSR count). The molecule has 4 aromatic carbocycles. The summed E-state index contributed by atoms with van der Waals surface area (Å²) in [6.07, 6.45) is -1.13. The van der Waals surface area contributed by atoms with Crippen LogP contribution >= 0.6 is 0 Å². The number of nitrogens with zero attached hydrogens (tertiary/aromatic N) is 2. The molecule has 1 fully saturated rings. The van der Waals surface area contributed by atoms with Crippen molar-refractivity contribution in [3.8, 4) is 0 Å². The maximum atomic E-state index is 12.9. The monoisotopic (exact) mass is 606 g/mol. The van der Waals surface area contributed by atoms with E-state index in [-0.39, 0.29) is 43.2 Å². The smallest absolute Gasteiger partial charge is 0.261 e. The fraction of sp³-hybridized carbons (Fsp3) is 0.297. The second kappa shape index (κ2) is 13.4. The number of carbonyl (C=O) groups excluding carboxylic acids is 2. The Bertz CT molecular complexity index is 1590. The molecule has 232 valence electrons. The standard InChI is InChI=1S/C37H38N2O6/c1-24(34(41)28-8-4-3-5-9-28)38(2)22-30-20-33(27-16-14-26(23-40)15-17-27)45-37(44-30)29-18-12-25(13-19-29)21-39-35(42)31-10-6-7-11-32(31)36(39)43/h3-19,24,30,33-34,37,40-41H,20-23H2,1-2H3/t24-,30-,33+,34-,37+/m1/s1. The lowest BCUT2D eigenvalue weighted by Crippen LogP contribution is -2.43. The Hall–Kier alpha value is -4.18. The molecule has 2 heterocycles. The van der Waals surface area contributed by atoms with Crippen molar-refractivity contribution in [1.82, 2.24) is 9.80 Å². The van der Waals surface area contributed by atoms with Gasteiger partial charge in [0, 0.05) is 24.6 Å². The number of benzene rings is 4. The number of imide groups is 1. The van der Waals surface area contributed by atoms with Gasteiger partial charge in [-0.15, -0.1) is 0 Å². The minimum absolute atomic E-state index is 0.0281. The molecule has 2 aliphatic rings. The van der Waals surface area contributed by atoms with Crippen molar-refractivity contribution in [1.29, 1.82) is 0 Å². The Morgan fingerprint density at radius 3 is 2.00 bits per heavy atom. The lowest BCUT2D eigenvalue weighted by atomic mass is 9.98. The minimum Gasteiger partial charge on any atom is -0.392 e. The molecule has 4 aromatic rings. The van der Waals surface area contributed by atoms with E-state index in [1.807, 2.05) is 92.8 Å². The third-order valence-corrected chi connectivity index (χ3v) is 8.87. The highest BCUT2D eigenvalue weighted by molar-refractivity contribution is 6.21. The van der Waals surface area contributed by atoms with Gasteiger partial charge in [-0.3, -0.25) is 19.4 Å². The highest BCUT2D eigenvalue weighted by Gasteiger charge is 2.36. The highest BCUT2D eigenvalue weighted by atomic mass is 16.7. The molecule has 0 radical (unpaired) electrons. The number of amides is 2. The fourth-order valence-corrected chi connectivity index (χ4v) is 6.04. The normalized spacial score (nSPS) is 21.2. The molecule has 1 saturated heterocycles. The second-order valence-electron chi connectivity index (χ2n) is 11.9. The van der Waals surface area contributed by atoms with Crippen LogP contribution < -0.4 is 0 Å². The number of carbonyl (C=O) groups is 2. The van der Waals surface area contributed by atoms with Gasteiger partial charge in [-0.25, -0.2) is 0 Å². The summed E-state index contributed by atoms with van der Waals surface area (Å²) in [5.74, 6) is -0.570. The van der Waals surface area contributed by atoms with Gasteiger partial charge in [0.05, 0.1) is 42.6 Å². The molecule has 0 aromatic heterocycles. The number of aliphatic hydroxyl groups excluding tert-OH is 2. The Labute approximate surface area is 263 Å². The molecule has 0 aliphatic carbocycles. The van der Waals surface area contributed by atoms with Crippen molar-refractivity contribution in [3.63, 3.8) is 0 Å². The predicted molar refractivity (Wildman–Crippen MR) is 169 cm³/mol. The molecule has 5 atom stereocenters. The number of ether oxygens (including phenoxy) is 2. The quantitative estimate of drug-likeness (QED) is 0.228. The van der Waals surface area contributed by atoms with Gasteiger partial charge in [-0.2, -0.15) is 0 Å². The zero-order chi connectivity index (χ0) is 31.5. The van der Waals surface area contributed by atoms with Gasteiger partial charge in [0.25, 0.3) is 11.8 Å². The molecular weight excluding hydrogens is 568 g/mol. The Kier molecular flexibility index (Phi) is 9.21. The summed E-state index contributed by atoms with van der Waals surface area (Å²) in [7, 11) is 1.99. The third kappa shape index (κ3) is 6.61. The van der Waals surface area contributed by atoms with Crippen molar-refractivity contribution in [2.45, 2.75) is 57.1 Å². The first-order valence-corrected chi connectivity index (χ1v) is 15.3. The molecule has 2 aliphatic heterocycles. The van der Waals surface area contributed by atoms with E-state index in [4.69, 9.17) is 9.47 Å². The molecular formula is C37H38N2O6. The van der Waals surface area contributed by atoms with Crippen LogP contribution in [0.4, 0.5) is 0 Å². The highest BCUT2D eigenvalue weighted by Crippen LogP contribution is 2.38. The van der Waals surface area contributed by atoms with Crippen LogP contribution in [0.5, 0.6) is 0 Å². The second-order valence-corrected chi connectivity index (χ2v) is 11.9. The zero-order valence-electron chi connectivity index (χ0n) is 25.5. The van der Waals surface area contributed by atoms with E-state index in [9.17, 15) is 19.8 Å². The van der Waals surface area contributed by atoms with Crippen molar-refractivity contribution in [3.05, 3.63) is 142 Å². The van der Waals surface area contributed by atoms with Crippen molar-refractivity contribution >= 4 is 11.8 Å². The van der Waals surface area contributed by atoms with Crippen LogP contribution in [0.15, 0.2) is 103 Å². The van der Waals surface area contributed by atoms with Crippen molar-refractivity contribution in [2.75, 3.05) is 13.6 Å². The Morgan fingerprint density at radius 2 is 1.38 bits per heavy atom. The third-order valence-electron chi connectivity index (χ3n) is 8.87. The predicted octanol–water partition coefficient (Wildman–Crippen LogP) is 5.57. The van der Waals surface area contributed by atoms with E-state index in [0.717, 1.165) is 27.8 Å². The number of likely N-dealkylation sites (N-methyl/N-ethyl adjacent to an activating group) is 1. The van der Waals surface area contributed by atoms with Crippen LogP contribution in [0.2, 0.25) is 0 Å². The van der Waals surface area contributed by atoms with Crippen LogP contribution in [-0.4, -0.2) is 57.6 Å². The summed E-state index contributed by atoms with van der Waals surface area (Å²) in [6.45, 7) is 2.73. The number of fused-ring (bicyclic) bond motifs is 1. The molecule has 45 heavy (non-hydrogen) atoms. The van der Waals surface area contributed by atoms with Gasteiger partial charge in [0.15, 0.2) is 6.29 Å². The van der Waals surface area contributed by atoms with E-state index in [1.54, 1.807) is 24.3 Å². The van der Waals surface area contributed by atoms with E-state index in [2.05, 4.69) is 4.90 Å². The van der Waals surface area contributed by atoms with Crippen LogP contribution in [0.25, 0.3) is 0 Å². The van der Waals surface area contributed by atoms with Crippen LogP contribution in [0, 0.1) is 0 Å². The van der Waals surface area contributed by atoms with Gasteiger partial charge < -0.3 is 19.7 Å². The van der Waals surface area contributed by atoms with Crippen LogP contribution in [0.1, 0.15) is 80.4 Å². The molecule has 2 N–H and O–H groups in total. The van der Waals surface area contributed by atoms with E-state index < -0.39 is 12.4 Å². The van der Waals surface area contributed by atoms with E-state index in [0.29, 0.717) is 24.1 Å². The molecule has 8 nitrogen and oxygen atoms in total. The van der Waals surface area contributed by atoms with E-state index in [1.165, 1.54) is 4.90 Å². The summed E-state index contributed by atoms with van der Waals surface area (Å²) in [5.41, 5.74) is 5.20. The lowest BCUT2D eigenvalue weighted by molar-refractivity contribution is -0.253. The first-order chi connectivity index (χ1) is 21.8. The molecule has 0 spiro atoms. The summed E-state index contributed by atoms with van der Waals surface area (Å²) in [5, 5.41) is 20.6. The van der Waals surface area contributed by atoms with Crippen LogP contribution in [-0.2, 0) is 22.6 Å². The molecule has 0 bridgehead atoms. The Balaban J connectivity index is 1.18. The molecule has 8 heteroatoms. The molecule has 2 amide bonds. The average molecular weight is 607 g/mol. The number of hydrogen-bond acceptors (Lipinski definition) is 7. The molecule has 0 saturated carbocycles. The average Bonchev–Trinajstić information content (AvgIpc) is 3.33. The number of aliphatic hydroxyl groups is 2. The Morgan fingerprint density at radius 1 is 0.800 bits per heavy atom. The molecule has 0 unspecified atom stereocenters. The van der Waals surface area contributed by atoms with Crippen LogP contribution in [0.3, 0.4) is 0 Å². The van der Waals surface area contributed by atoms with Gasteiger partial charge in [-0.1, -0.05) is 91.0 Å². The lowest BCUT2D eigenvalue weighted by Gasteiger charge is -2.39. The maximum Gasteiger partial charge on any atom is 0.261 e. The summed E-state index contributed by atoms with van der Waals surface area (Å²) < 4.78 is 13.0. The summed E-state index contributed by atoms with van der Waals surface area (Å²) >= 11 is 0. The topological polar surface area (TPSA) is 99.5 Å². The largest absolute Gasteiger partial charge is 0.392 e. The SMILES string of the molecule is C[C@H]([C@@H](O)c1ccccc1)N(C)C[C@H]1C[C@@H](c2ccc(CO)cc2)O[C@@H](c2ccc(CN3C(=O)c4ccccc4C3=O)cc2)O1. The van der Waals surface area contributed by atoms with E-state index >= 15 is 0 Å². The minimum atomic E-state index is -0.651.